The zero-order chi connectivity index (χ0) is 28.5. The van der Waals surface area contributed by atoms with Gasteiger partial charge in [-0.05, 0) is 0 Å². The minimum atomic E-state index is -2.15. The van der Waals surface area contributed by atoms with Crippen LogP contribution in [0.4, 0.5) is 0 Å². The molecule has 2 heterocycles. The van der Waals surface area contributed by atoms with Crippen LogP contribution in [0.1, 0.15) is 0 Å². The Balaban J connectivity index is 1.36. The van der Waals surface area contributed by atoms with Gasteiger partial charge in [0.25, 0.3) is 0 Å². The molecule has 0 amide bonds. The second-order valence-electron chi connectivity index (χ2n) is 11.2. The van der Waals surface area contributed by atoms with Crippen LogP contribution in [0.5, 0.6) is 0 Å². The number of nitrogens with zero attached hydrogens (tertiary/aromatic N) is 2. The molecule has 0 saturated heterocycles. The van der Waals surface area contributed by atoms with Crippen molar-refractivity contribution < 1.29 is 0 Å². The molecule has 9 rings (SSSR count). The van der Waals surface area contributed by atoms with Crippen molar-refractivity contribution in [3.8, 4) is 0 Å². The predicted octanol–water partition coefficient (Wildman–Crippen LogP) is 8.48. The Hall–Kier alpha value is -4.52. The van der Waals surface area contributed by atoms with Crippen molar-refractivity contribution in [2.75, 3.05) is 0 Å². The van der Waals surface area contributed by atoms with Gasteiger partial charge in [0, 0.05) is 0 Å². The van der Waals surface area contributed by atoms with Crippen molar-refractivity contribution in [3.05, 3.63) is 152 Å². The maximum atomic E-state index is 5.32. The van der Waals surface area contributed by atoms with Gasteiger partial charge in [-0.2, -0.15) is 0 Å². The fraction of sp³-hybridized carbons (Fsp3) is 0. The van der Waals surface area contributed by atoms with E-state index in [9.17, 15) is 0 Å². The summed E-state index contributed by atoms with van der Waals surface area (Å²) in [5.74, 6) is 0. The normalized spacial score (nSPS) is 12.3. The SMILES string of the molecule is [Se]=P(c1ccc2ccccc2c1)(c1ccc2ccccc2c1)c1ccc2c(c1)nc1c3ccccc3c3ccccc3n21. The van der Waals surface area contributed by atoms with E-state index in [1.54, 1.807) is 0 Å². The van der Waals surface area contributed by atoms with Crippen molar-refractivity contribution in [2.24, 2.45) is 0 Å². The van der Waals surface area contributed by atoms with Gasteiger partial charge >= 0.3 is 257 Å². The number of fused-ring (bicyclic) bond motifs is 10. The third-order valence-corrected chi connectivity index (χ3v) is 15.8. The zero-order valence-corrected chi connectivity index (χ0v) is 25.8. The van der Waals surface area contributed by atoms with Gasteiger partial charge in [0.2, 0.25) is 0 Å². The number of aromatic nitrogens is 2. The monoisotopic (exact) mass is 632 g/mol. The predicted molar refractivity (Wildman–Crippen MR) is 187 cm³/mol. The van der Waals surface area contributed by atoms with Crippen LogP contribution in [0.2, 0.25) is 0 Å². The second-order valence-corrected chi connectivity index (χ2v) is 17.4. The number of benzene rings is 7. The first-order valence-corrected chi connectivity index (χ1v) is 18.5. The Bertz CT molecular complexity index is 2530. The van der Waals surface area contributed by atoms with E-state index in [-0.39, 0.29) is 0 Å². The molecule has 0 aliphatic carbocycles. The van der Waals surface area contributed by atoms with Gasteiger partial charge in [0.15, 0.2) is 0 Å². The summed E-state index contributed by atoms with van der Waals surface area (Å²) in [6.07, 6.45) is 0. The van der Waals surface area contributed by atoms with Gasteiger partial charge < -0.3 is 0 Å². The standard InChI is InChI=1S/C39H25N2PSe/c43-42(30-19-17-26-9-1-3-11-28(26)23-30,31-20-18-27-10-2-4-12-29(27)24-31)32-21-22-38-36(25-32)40-39-35-15-6-5-13-33(35)34-14-7-8-16-37(34)41(38)39/h1-25H. The van der Waals surface area contributed by atoms with Crippen molar-refractivity contribution in [1.82, 2.24) is 9.38 Å². The number of hydrogen-bond donors (Lipinski definition) is 0. The van der Waals surface area contributed by atoms with Crippen molar-refractivity contribution in [2.45, 2.75) is 0 Å². The fourth-order valence-corrected chi connectivity index (χ4v) is 11.5. The van der Waals surface area contributed by atoms with Gasteiger partial charge in [-0.15, -0.1) is 0 Å². The van der Waals surface area contributed by atoms with E-state index < -0.39 is 5.51 Å². The molecule has 7 aromatic carbocycles. The second kappa shape index (κ2) is 9.49. The van der Waals surface area contributed by atoms with E-state index >= 15 is 0 Å². The molecule has 0 aliphatic rings. The summed E-state index contributed by atoms with van der Waals surface area (Å²) in [6, 6.07) is 55.4. The Morgan fingerprint density at radius 2 is 0.953 bits per heavy atom. The molecule has 0 fully saturated rings. The van der Waals surface area contributed by atoms with Crippen LogP contribution in [0, 0.1) is 0 Å². The summed E-state index contributed by atoms with van der Waals surface area (Å²) in [6.45, 7) is 0. The van der Waals surface area contributed by atoms with Crippen LogP contribution < -0.4 is 15.9 Å². The molecular weight excluding hydrogens is 606 g/mol. The third kappa shape index (κ3) is 3.73. The van der Waals surface area contributed by atoms with Gasteiger partial charge in [0.05, 0.1) is 0 Å². The Labute approximate surface area is 256 Å². The van der Waals surface area contributed by atoms with Crippen molar-refractivity contribution >= 4 is 96.4 Å². The molecule has 202 valence electrons. The molecule has 2 aromatic heterocycles. The van der Waals surface area contributed by atoms with Gasteiger partial charge in [-0.1, -0.05) is 0 Å². The summed E-state index contributed by atoms with van der Waals surface area (Å²) >= 11 is 3.80. The number of rotatable bonds is 3. The summed E-state index contributed by atoms with van der Waals surface area (Å²) < 4.78 is 2.34. The molecule has 0 aliphatic heterocycles. The maximum absolute atomic E-state index is 5.32. The van der Waals surface area contributed by atoms with E-state index in [2.05, 4.69) is 171 Å². The first kappa shape index (κ1) is 25.0. The van der Waals surface area contributed by atoms with Crippen LogP contribution in [0.25, 0.3) is 59.9 Å². The van der Waals surface area contributed by atoms with E-state index in [1.807, 2.05) is 0 Å². The first-order valence-electron chi connectivity index (χ1n) is 14.5. The topological polar surface area (TPSA) is 17.3 Å². The van der Waals surface area contributed by atoms with Crippen LogP contribution >= 0.6 is 5.51 Å². The van der Waals surface area contributed by atoms with E-state index in [0.717, 1.165) is 16.7 Å². The number of pyridine rings is 1. The zero-order valence-electron chi connectivity index (χ0n) is 23.2. The molecule has 0 spiro atoms. The summed E-state index contributed by atoms with van der Waals surface area (Å²) in [5.41, 5.74) is 2.17. The third-order valence-electron chi connectivity index (χ3n) is 8.80. The number of para-hydroxylation sites is 1. The molecule has 0 atom stereocenters. The Kier molecular flexibility index (Phi) is 5.52. The van der Waals surface area contributed by atoms with Gasteiger partial charge in [0.1, 0.15) is 0 Å². The molecule has 2 nitrogen and oxygen atoms in total. The average molecular weight is 632 g/mol. The molecule has 0 bridgehead atoms. The van der Waals surface area contributed by atoms with Crippen LogP contribution in [-0.2, 0) is 0 Å². The minimum absolute atomic E-state index is 1.00. The number of imidazole rings is 1. The van der Waals surface area contributed by atoms with Crippen LogP contribution in [0.15, 0.2) is 152 Å². The molecule has 0 radical (unpaired) electrons. The first-order chi connectivity index (χ1) is 21.2. The summed E-state index contributed by atoms with van der Waals surface area (Å²) in [4.78, 5) is 5.32. The molecular formula is C39H25N2PSe. The summed E-state index contributed by atoms with van der Waals surface area (Å²) in [7, 11) is 0. The van der Waals surface area contributed by atoms with Gasteiger partial charge in [-0.25, -0.2) is 0 Å². The molecule has 9 aromatic rings. The molecule has 43 heavy (non-hydrogen) atoms. The molecule has 0 unspecified atom stereocenters. The molecule has 0 N–H and O–H groups in total. The van der Waals surface area contributed by atoms with Gasteiger partial charge in [-0.3, -0.25) is 0 Å². The van der Waals surface area contributed by atoms with E-state index in [0.29, 0.717) is 0 Å². The Morgan fingerprint density at radius 1 is 0.442 bits per heavy atom. The summed E-state index contributed by atoms with van der Waals surface area (Å²) in [5, 5.41) is 12.6. The quantitative estimate of drug-likeness (QED) is 0.109. The molecule has 0 saturated carbocycles. The van der Waals surface area contributed by atoms with E-state index in [4.69, 9.17) is 4.98 Å². The van der Waals surface area contributed by atoms with Crippen LogP contribution in [-0.4, -0.2) is 24.5 Å². The average Bonchev–Trinajstić information content (AvgIpc) is 3.47. The van der Waals surface area contributed by atoms with Crippen molar-refractivity contribution in [3.63, 3.8) is 0 Å². The Morgan fingerprint density at radius 3 is 1.63 bits per heavy atom. The fourth-order valence-electron chi connectivity index (χ4n) is 6.69. The van der Waals surface area contributed by atoms with E-state index in [1.165, 1.54) is 59.1 Å². The van der Waals surface area contributed by atoms with Crippen LogP contribution in [0.3, 0.4) is 0 Å². The molecule has 4 heteroatoms. The number of hydrogen-bond acceptors (Lipinski definition) is 1. The van der Waals surface area contributed by atoms with Crippen molar-refractivity contribution in [1.29, 1.82) is 0 Å².